The molecular weight excluding hydrogens is 368 g/mol. The maximum Gasteiger partial charge on any atom is 0.253 e. The minimum absolute atomic E-state index is 0.0535. The van der Waals surface area contributed by atoms with Crippen molar-refractivity contribution in [3.63, 3.8) is 0 Å². The van der Waals surface area contributed by atoms with Crippen LogP contribution in [0.25, 0.3) is 16.7 Å². The van der Waals surface area contributed by atoms with Crippen LogP contribution in [0.5, 0.6) is 0 Å². The zero-order chi connectivity index (χ0) is 19.8. The molecule has 1 saturated heterocycles. The monoisotopic (exact) mass is 384 g/mol. The van der Waals surface area contributed by atoms with Gasteiger partial charge in [-0.2, -0.15) is 9.78 Å². The molecule has 0 saturated carbocycles. The Morgan fingerprint density at radius 3 is 2.79 bits per heavy atom. The summed E-state index contributed by atoms with van der Waals surface area (Å²) in [4.78, 5) is 19.0. The minimum atomic E-state index is -0.0713. The van der Waals surface area contributed by atoms with E-state index in [2.05, 4.69) is 31.9 Å². The summed E-state index contributed by atoms with van der Waals surface area (Å²) in [7, 11) is 0. The number of nitrogens with one attached hydrogen (secondary N) is 1. The van der Waals surface area contributed by atoms with Gasteiger partial charge in [0.25, 0.3) is 5.91 Å². The van der Waals surface area contributed by atoms with Crippen molar-refractivity contribution < 1.29 is 4.79 Å². The molecule has 142 valence electrons. The highest BCUT2D eigenvalue weighted by Crippen LogP contribution is 2.23. The summed E-state index contributed by atoms with van der Waals surface area (Å²) in [5.41, 5.74) is 3.46. The zero-order valence-corrected chi connectivity index (χ0v) is 15.4. The lowest BCUT2D eigenvalue weighted by atomic mass is 10.1. The first-order valence-corrected chi connectivity index (χ1v) is 9.26. The number of para-hydroxylation sites is 2. The molecule has 9 heteroatoms. The van der Waals surface area contributed by atoms with E-state index >= 15 is 0 Å². The van der Waals surface area contributed by atoms with Crippen LogP contribution in [-0.4, -0.2) is 48.9 Å². The third kappa shape index (κ3) is 3.00. The average molecular weight is 384 g/mol. The number of fused-ring (bicyclic) bond motifs is 3. The molecule has 3 heterocycles. The average Bonchev–Trinajstić information content (AvgIpc) is 3.44. The van der Waals surface area contributed by atoms with Crippen molar-refractivity contribution >= 4 is 34.1 Å². The van der Waals surface area contributed by atoms with Gasteiger partial charge < -0.3 is 10.2 Å². The molecule has 0 spiro atoms. The molecule has 0 radical (unpaired) electrons. The van der Waals surface area contributed by atoms with E-state index < -0.39 is 0 Å². The van der Waals surface area contributed by atoms with E-state index in [-0.39, 0.29) is 11.8 Å². The lowest BCUT2D eigenvalue weighted by molar-refractivity contribution is 0.0790. The van der Waals surface area contributed by atoms with Gasteiger partial charge in [-0.1, -0.05) is 12.1 Å². The number of nitriles is 1. The summed E-state index contributed by atoms with van der Waals surface area (Å²) in [6.45, 7) is 1.12. The molecule has 1 atom stereocenters. The molecule has 2 aromatic heterocycles. The third-order valence-corrected chi connectivity index (χ3v) is 5.08. The highest BCUT2D eigenvalue weighted by molar-refractivity contribution is 5.95. The Labute approximate surface area is 165 Å². The first kappa shape index (κ1) is 17.1. The van der Waals surface area contributed by atoms with E-state index in [9.17, 15) is 4.79 Å². The van der Waals surface area contributed by atoms with Gasteiger partial charge >= 0.3 is 0 Å². The van der Waals surface area contributed by atoms with Crippen LogP contribution >= 0.6 is 0 Å². The Kier molecular flexibility index (Phi) is 4.02. The number of nitrogens with zero attached hydrogens (tertiary/aromatic N) is 7. The predicted molar refractivity (Wildman–Crippen MR) is 105 cm³/mol. The van der Waals surface area contributed by atoms with Gasteiger partial charge in [0.1, 0.15) is 0 Å². The number of rotatable bonds is 3. The SMILES string of the molecule is N#CC1CCN(C(=O)c2ccc(Nc3nc4ccccc4n4nnnc34)cc2)C1. The smallest absolute Gasteiger partial charge is 0.253 e. The summed E-state index contributed by atoms with van der Waals surface area (Å²) < 4.78 is 1.64. The third-order valence-electron chi connectivity index (χ3n) is 5.08. The lowest BCUT2D eigenvalue weighted by Crippen LogP contribution is -2.28. The number of aromatic nitrogens is 5. The minimum Gasteiger partial charge on any atom is -0.337 e. The van der Waals surface area contributed by atoms with E-state index in [1.165, 1.54) is 0 Å². The van der Waals surface area contributed by atoms with Gasteiger partial charge in [0.15, 0.2) is 5.82 Å². The van der Waals surface area contributed by atoms with Crippen molar-refractivity contribution in [1.82, 2.24) is 29.9 Å². The fourth-order valence-corrected chi connectivity index (χ4v) is 3.55. The van der Waals surface area contributed by atoms with Gasteiger partial charge in [-0.05, 0) is 53.2 Å². The summed E-state index contributed by atoms with van der Waals surface area (Å²) >= 11 is 0. The maximum atomic E-state index is 12.6. The summed E-state index contributed by atoms with van der Waals surface area (Å²) in [6, 6.07) is 17.0. The molecule has 0 aliphatic carbocycles. The molecular formula is C20H16N8O. The van der Waals surface area contributed by atoms with Crippen molar-refractivity contribution in [2.24, 2.45) is 5.92 Å². The molecule has 5 rings (SSSR count). The van der Waals surface area contributed by atoms with Gasteiger partial charge in [0.2, 0.25) is 5.65 Å². The molecule has 2 aromatic carbocycles. The second kappa shape index (κ2) is 6.83. The normalized spacial score (nSPS) is 16.2. The Morgan fingerprint density at radius 1 is 1.17 bits per heavy atom. The zero-order valence-electron chi connectivity index (χ0n) is 15.4. The molecule has 1 aliphatic heterocycles. The Bertz CT molecular complexity index is 1260. The largest absolute Gasteiger partial charge is 0.337 e. The number of hydrogen-bond donors (Lipinski definition) is 1. The Balaban J connectivity index is 1.41. The second-order valence-corrected chi connectivity index (χ2v) is 6.93. The van der Waals surface area contributed by atoms with E-state index in [1.807, 2.05) is 36.4 Å². The van der Waals surface area contributed by atoms with Crippen LogP contribution in [0.1, 0.15) is 16.8 Å². The standard InChI is InChI=1S/C20H16N8O/c21-11-13-9-10-27(12-13)20(29)14-5-7-15(8-6-14)22-18-19-24-25-26-28(19)17-4-2-1-3-16(17)23-18/h1-8,13H,9-10,12H2,(H,22,23). The van der Waals surface area contributed by atoms with Crippen LogP contribution in [0.15, 0.2) is 48.5 Å². The molecule has 0 bridgehead atoms. The van der Waals surface area contributed by atoms with Crippen molar-refractivity contribution in [2.45, 2.75) is 6.42 Å². The van der Waals surface area contributed by atoms with Gasteiger partial charge in [-0.3, -0.25) is 4.79 Å². The number of likely N-dealkylation sites (tertiary alicyclic amines) is 1. The summed E-state index contributed by atoms with van der Waals surface area (Å²) in [5, 5.41) is 24.1. The van der Waals surface area contributed by atoms with Gasteiger partial charge in [0, 0.05) is 24.3 Å². The Hall–Kier alpha value is -4.06. The van der Waals surface area contributed by atoms with Gasteiger partial charge in [-0.25, -0.2) is 4.98 Å². The van der Waals surface area contributed by atoms with E-state index in [4.69, 9.17) is 5.26 Å². The molecule has 1 unspecified atom stereocenters. The first-order chi connectivity index (χ1) is 14.2. The highest BCUT2D eigenvalue weighted by Gasteiger charge is 2.26. The molecule has 9 nitrogen and oxygen atoms in total. The van der Waals surface area contributed by atoms with Crippen molar-refractivity contribution in [2.75, 3.05) is 18.4 Å². The van der Waals surface area contributed by atoms with E-state index in [1.54, 1.807) is 21.5 Å². The summed E-state index contributed by atoms with van der Waals surface area (Å²) in [6.07, 6.45) is 0.734. The second-order valence-electron chi connectivity index (χ2n) is 6.93. The van der Waals surface area contributed by atoms with Crippen LogP contribution in [0, 0.1) is 17.2 Å². The van der Waals surface area contributed by atoms with Gasteiger partial charge in [0.05, 0.1) is 23.0 Å². The predicted octanol–water partition coefficient (Wildman–Crippen LogP) is 2.40. The molecule has 4 aromatic rings. The van der Waals surface area contributed by atoms with Crippen molar-refractivity contribution in [3.05, 3.63) is 54.1 Å². The van der Waals surface area contributed by atoms with Crippen molar-refractivity contribution in [1.29, 1.82) is 5.26 Å². The number of anilines is 2. The number of amides is 1. The Morgan fingerprint density at radius 2 is 2.00 bits per heavy atom. The topological polar surface area (TPSA) is 112 Å². The van der Waals surface area contributed by atoms with Crippen LogP contribution in [-0.2, 0) is 0 Å². The van der Waals surface area contributed by atoms with E-state index in [0.717, 1.165) is 23.1 Å². The quantitative estimate of drug-likeness (QED) is 0.577. The lowest BCUT2D eigenvalue weighted by Gasteiger charge is -2.15. The number of carbonyl (C=O) groups is 1. The first-order valence-electron chi connectivity index (χ1n) is 9.26. The van der Waals surface area contributed by atoms with Crippen molar-refractivity contribution in [3.8, 4) is 6.07 Å². The number of tetrazole rings is 1. The van der Waals surface area contributed by atoms with Gasteiger partial charge in [-0.15, -0.1) is 5.10 Å². The van der Waals surface area contributed by atoms with Crippen LogP contribution in [0.3, 0.4) is 0 Å². The number of carbonyl (C=O) groups excluding carboxylic acids is 1. The van der Waals surface area contributed by atoms with Crippen LogP contribution in [0.4, 0.5) is 11.5 Å². The number of benzene rings is 2. The molecule has 1 N–H and O–H groups in total. The van der Waals surface area contributed by atoms with E-state index in [0.29, 0.717) is 30.1 Å². The fraction of sp³-hybridized carbons (Fsp3) is 0.200. The molecule has 29 heavy (non-hydrogen) atoms. The molecule has 1 fully saturated rings. The van der Waals surface area contributed by atoms with Crippen LogP contribution < -0.4 is 5.32 Å². The van der Waals surface area contributed by atoms with Crippen LogP contribution in [0.2, 0.25) is 0 Å². The summed E-state index contributed by atoms with van der Waals surface area (Å²) in [5.74, 6) is 0.407. The maximum absolute atomic E-state index is 12.6. The molecule has 1 aliphatic rings. The fourth-order valence-electron chi connectivity index (χ4n) is 3.55. The highest BCUT2D eigenvalue weighted by atomic mass is 16.2. The number of hydrogen-bond acceptors (Lipinski definition) is 7. The molecule has 1 amide bonds.